The van der Waals surface area contributed by atoms with Crippen LogP contribution in [0.2, 0.25) is 0 Å². The molecule has 1 N–H and O–H groups in total. The van der Waals surface area contributed by atoms with Crippen LogP contribution in [0, 0.1) is 6.92 Å². The highest BCUT2D eigenvalue weighted by Gasteiger charge is 2.26. The number of likely N-dealkylation sites (N-methyl/N-ethyl adjacent to an activating group) is 1. The predicted molar refractivity (Wildman–Crippen MR) is 111 cm³/mol. The molecule has 1 unspecified atom stereocenters. The summed E-state index contributed by atoms with van der Waals surface area (Å²) in [5.74, 6) is -0.0537. The molecule has 1 aliphatic heterocycles. The molecule has 2 aromatic rings. The maximum atomic E-state index is 12.8. The number of hydrogen-bond acceptors (Lipinski definition) is 4. The second-order valence-electron chi connectivity index (χ2n) is 7.51. The molecule has 0 saturated carbocycles. The summed E-state index contributed by atoms with van der Waals surface area (Å²) < 4.78 is 27.7. The van der Waals surface area contributed by atoms with Gasteiger partial charge in [0.25, 0.3) is 15.9 Å². The first-order valence-electron chi connectivity index (χ1n) is 9.41. The predicted octanol–water partition coefficient (Wildman–Crippen LogP) is 2.96. The number of rotatable bonds is 5. The van der Waals surface area contributed by atoms with E-state index in [4.69, 9.17) is 0 Å². The van der Waals surface area contributed by atoms with Crippen molar-refractivity contribution in [3.63, 3.8) is 0 Å². The molecule has 0 spiro atoms. The number of aryl methyl sites for hydroxylation is 1. The van der Waals surface area contributed by atoms with E-state index in [0.29, 0.717) is 23.8 Å². The van der Waals surface area contributed by atoms with E-state index in [2.05, 4.69) is 9.62 Å². The summed E-state index contributed by atoms with van der Waals surface area (Å²) in [4.78, 5) is 16.9. The number of carbonyl (C=O) groups is 1. The van der Waals surface area contributed by atoms with E-state index < -0.39 is 10.0 Å². The van der Waals surface area contributed by atoms with E-state index in [-0.39, 0.29) is 10.8 Å². The van der Waals surface area contributed by atoms with Gasteiger partial charge in [-0.15, -0.1) is 0 Å². The number of nitrogens with one attached hydrogen (secondary N) is 1. The average Bonchev–Trinajstić information content (AvgIpc) is 2.69. The number of hydrogen-bond donors (Lipinski definition) is 1. The Bertz CT molecular complexity index is 922. The maximum Gasteiger partial charge on any atom is 0.261 e. The fourth-order valence-electron chi connectivity index (χ4n) is 3.36. The Labute approximate surface area is 167 Å². The Morgan fingerprint density at radius 3 is 2.32 bits per heavy atom. The van der Waals surface area contributed by atoms with Crippen molar-refractivity contribution in [1.29, 1.82) is 0 Å². The second kappa shape index (κ2) is 8.32. The van der Waals surface area contributed by atoms with Crippen LogP contribution in [0.4, 0.5) is 5.69 Å². The van der Waals surface area contributed by atoms with Crippen LogP contribution in [-0.2, 0) is 10.0 Å². The molecule has 6 nitrogen and oxygen atoms in total. The monoisotopic (exact) mass is 401 g/mol. The largest absolute Gasteiger partial charge is 0.337 e. The number of carbonyl (C=O) groups excluding carboxylic acids is 1. The lowest BCUT2D eigenvalue weighted by Crippen LogP contribution is -2.47. The average molecular weight is 402 g/mol. The molecule has 0 radical (unpaired) electrons. The molecule has 1 aliphatic rings. The molecule has 1 fully saturated rings. The third-order valence-corrected chi connectivity index (χ3v) is 6.53. The highest BCUT2D eigenvalue weighted by atomic mass is 32.2. The van der Waals surface area contributed by atoms with Gasteiger partial charge >= 0.3 is 0 Å². The summed E-state index contributed by atoms with van der Waals surface area (Å²) >= 11 is 0. The van der Waals surface area contributed by atoms with Gasteiger partial charge in [-0.2, -0.15) is 0 Å². The van der Waals surface area contributed by atoms with Crippen LogP contribution in [-0.4, -0.2) is 57.4 Å². The van der Waals surface area contributed by atoms with Gasteiger partial charge in [-0.25, -0.2) is 8.42 Å². The molecule has 0 bridgehead atoms. The molecular formula is C21H27N3O3S. The summed E-state index contributed by atoms with van der Waals surface area (Å²) in [6, 6.07) is 13.6. The zero-order chi connectivity index (χ0) is 20.3. The third-order valence-electron chi connectivity index (χ3n) is 5.13. The fraction of sp³-hybridized carbons (Fsp3) is 0.381. The van der Waals surface area contributed by atoms with E-state index in [9.17, 15) is 13.2 Å². The Balaban J connectivity index is 1.71. The standard InChI is InChI=1S/C21H27N3O3S/c1-16-6-10-18(11-7-16)22-28(26,27)20-12-8-17(9-13-20)21(25)24-14-4-5-19(15-24)23(2)3/h6-13,19,22H,4-5,14-15H2,1-3H3. The SMILES string of the molecule is Cc1ccc(NS(=O)(=O)c2ccc(C(=O)N3CCCC(N(C)C)C3)cc2)cc1. The van der Waals surface area contributed by atoms with Crippen molar-refractivity contribution in [3.05, 3.63) is 59.7 Å². The molecule has 28 heavy (non-hydrogen) atoms. The third kappa shape index (κ3) is 4.72. The Morgan fingerprint density at radius 1 is 1.07 bits per heavy atom. The molecule has 1 saturated heterocycles. The van der Waals surface area contributed by atoms with Crippen LogP contribution in [0.25, 0.3) is 0 Å². The maximum absolute atomic E-state index is 12.8. The van der Waals surface area contributed by atoms with Crippen molar-refractivity contribution in [1.82, 2.24) is 9.80 Å². The number of benzene rings is 2. The van der Waals surface area contributed by atoms with Crippen molar-refractivity contribution in [2.24, 2.45) is 0 Å². The van der Waals surface area contributed by atoms with Crippen molar-refractivity contribution < 1.29 is 13.2 Å². The van der Waals surface area contributed by atoms with Gasteiger partial charge in [-0.05, 0) is 70.3 Å². The van der Waals surface area contributed by atoms with Gasteiger partial charge in [0.15, 0.2) is 0 Å². The lowest BCUT2D eigenvalue weighted by molar-refractivity contribution is 0.0635. The number of piperidine rings is 1. The number of amides is 1. The number of sulfonamides is 1. The van der Waals surface area contributed by atoms with Crippen LogP contribution in [0.5, 0.6) is 0 Å². The van der Waals surface area contributed by atoms with Gasteiger partial charge in [0.2, 0.25) is 0 Å². The summed E-state index contributed by atoms with van der Waals surface area (Å²) in [6.07, 6.45) is 2.06. The van der Waals surface area contributed by atoms with Gasteiger partial charge in [0.1, 0.15) is 0 Å². The summed E-state index contributed by atoms with van der Waals surface area (Å²) in [5.41, 5.74) is 2.07. The highest BCUT2D eigenvalue weighted by molar-refractivity contribution is 7.92. The minimum Gasteiger partial charge on any atom is -0.337 e. The molecule has 1 heterocycles. The molecule has 2 aromatic carbocycles. The molecule has 1 amide bonds. The second-order valence-corrected chi connectivity index (χ2v) is 9.19. The van der Waals surface area contributed by atoms with Crippen LogP contribution in [0.15, 0.2) is 53.4 Å². The van der Waals surface area contributed by atoms with E-state index in [1.54, 1.807) is 24.3 Å². The summed E-state index contributed by atoms with van der Waals surface area (Å²) in [7, 11) is 0.359. The summed E-state index contributed by atoms with van der Waals surface area (Å²) in [5, 5.41) is 0. The molecule has 7 heteroatoms. The molecule has 0 aliphatic carbocycles. The van der Waals surface area contributed by atoms with Crippen molar-refractivity contribution in [2.45, 2.75) is 30.7 Å². The summed E-state index contributed by atoms with van der Waals surface area (Å²) in [6.45, 7) is 3.37. The molecule has 0 aromatic heterocycles. The van der Waals surface area contributed by atoms with E-state index >= 15 is 0 Å². The van der Waals surface area contributed by atoms with Crippen LogP contribution >= 0.6 is 0 Å². The molecule has 150 valence electrons. The van der Waals surface area contributed by atoms with Crippen LogP contribution < -0.4 is 4.72 Å². The van der Waals surface area contributed by atoms with Gasteiger partial charge in [-0.1, -0.05) is 17.7 Å². The smallest absolute Gasteiger partial charge is 0.261 e. The normalized spacial score (nSPS) is 17.6. The quantitative estimate of drug-likeness (QED) is 0.836. The topological polar surface area (TPSA) is 69.7 Å². The van der Waals surface area contributed by atoms with E-state index in [1.165, 1.54) is 12.1 Å². The van der Waals surface area contributed by atoms with Crippen molar-refractivity contribution >= 4 is 21.6 Å². The molecule has 3 rings (SSSR count). The first-order chi connectivity index (χ1) is 13.3. The van der Waals surface area contributed by atoms with E-state index in [1.807, 2.05) is 38.1 Å². The minimum absolute atomic E-state index is 0.0537. The lowest BCUT2D eigenvalue weighted by Gasteiger charge is -2.36. The molecule has 1 atom stereocenters. The first kappa shape index (κ1) is 20.4. The van der Waals surface area contributed by atoms with Gasteiger partial charge in [-0.3, -0.25) is 9.52 Å². The minimum atomic E-state index is -3.70. The van der Waals surface area contributed by atoms with Crippen molar-refractivity contribution in [3.8, 4) is 0 Å². The number of likely N-dealkylation sites (tertiary alicyclic amines) is 1. The Kier molecular flexibility index (Phi) is 6.05. The Morgan fingerprint density at radius 2 is 1.71 bits per heavy atom. The van der Waals surface area contributed by atoms with Crippen LogP contribution in [0.3, 0.4) is 0 Å². The molecular weight excluding hydrogens is 374 g/mol. The lowest BCUT2D eigenvalue weighted by atomic mass is 10.0. The van der Waals surface area contributed by atoms with E-state index in [0.717, 1.165) is 24.9 Å². The first-order valence-corrected chi connectivity index (χ1v) is 10.9. The van der Waals surface area contributed by atoms with Gasteiger partial charge < -0.3 is 9.80 Å². The zero-order valence-corrected chi connectivity index (χ0v) is 17.4. The van der Waals surface area contributed by atoms with Gasteiger partial charge in [0.05, 0.1) is 4.90 Å². The zero-order valence-electron chi connectivity index (χ0n) is 16.6. The number of nitrogens with zero attached hydrogens (tertiary/aromatic N) is 2. The fourth-order valence-corrected chi connectivity index (χ4v) is 4.41. The van der Waals surface area contributed by atoms with Gasteiger partial charge in [0, 0.05) is 30.4 Å². The Hall–Kier alpha value is -2.38. The van der Waals surface area contributed by atoms with Crippen LogP contribution in [0.1, 0.15) is 28.8 Å². The number of anilines is 1. The van der Waals surface area contributed by atoms with Crippen molar-refractivity contribution in [2.75, 3.05) is 31.9 Å². The highest BCUT2D eigenvalue weighted by Crippen LogP contribution is 2.20.